The van der Waals surface area contributed by atoms with Gasteiger partial charge in [0.25, 0.3) is 0 Å². The smallest absolute Gasteiger partial charge is 0.0247 e. The van der Waals surface area contributed by atoms with Gasteiger partial charge in [0, 0.05) is 25.0 Å². The number of nitrogens with two attached hydrogens (primary N) is 1. The number of nitrogens with zero attached hydrogens (tertiary/aromatic N) is 1. The fourth-order valence-corrected chi connectivity index (χ4v) is 2.02. The van der Waals surface area contributed by atoms with Gasteiger partial charge >= 0.3 is 0 Å². The van der Waals surface area contributed by atoms with E-state index in [-0.39, 0.29) is 0 Å². The summed E-state index contributed by atoms with van der Waals surface area (Å²) in [6.45, 7) is 7.83. The number of rotatable bonds is 7. The van der Waals surface area contributed by atoms with Crippen molar-refractivity contribution >= 4 is 0 Å². The molecule has 0 aliphatic heterocycles. The summed E-state index contributed by atoms with van der Waals surface area (Å²) in [5.74, 6) is 0.806. The van der Waals surface area contributed by atoms with Gasteiger partial charge in [0.1, 0.15) is 0 Å². The van der Waals surface area contributed by atoms with Crippen LogP contribution in [0, 0.1) is 5.92 Å². The van der Waals surface area contributed by atoms with Crippen LogP contribution in [0.2, 0.25) is 0 Å². The standard InChI is InChI=1S/C14H26N2/c1-4-12(5-2)10-16-8-7-13(11-16)9-14(15)6-3/h7-8,11-12,14H,4-6,9-10,15H2,1-3H3. The third-order valence-corrected chi connectivity index (χ3v) is 3.46. The van der Waals surface area contributed by atoms with Gasteiger partial charge in [0.15, 0.2) is 0 Å². The second-order valence-corrected chi connectivity index (χ2v) is 4.77. The van der Waals surface area contributed by atoms with Gasteiger partial charge in [0.2, 0.25) is 0 Å². The van der Waals surface area contributed by atoms with E-state index in [4.69, 9.17) is 5.73 Å². The highest BCUT2D eigenvalue weighted by molar-refractivity contribution is 5.11. The van der Waals surface area contributed by atoms with E-state index in [2.05, 4.69) is 43.8 Å². The van der Waals surface area contributed by atoms with Crippen molar-refractivity contribution in [3.63, 3.8) is 0 Å². The minimum absolute atomic E-state index is 0.309. The molecule has 0 amide bonds. The summed E-state index contributed by atoms with van der Waals surface area (Å²) in [6, 6.07) is 2.52. The molecule has 0 saturated carbocycles. The Bertz CT molecular complexity index is 287. The van der Waals surface area contributed by atoms with Gasteiger partial charge in [-0.15, -0.1) is 0 Å². The van der Waals surface area contributed by atoms with E-state index in [0.29, 0.717) is 6.04 Å². The Labute approximate surface area is 99.8 Å². The first-order valence-corrected chi connectivity index (χ1v) is 6.59. The van der Waals surface area contributed by atoms with Crippen LogP contribution in [0.15, 0.2) is 18.5 Å². The van der Waals surface area contributed by atoms with Crippen molar-refractivity contribution in [2.75, 3.05) is 0 Å². The molecular weight excluding hydrogens is 196 g/mol. The van der Waals surface area contributed by atoms with Crippen LogP contribution in [0.5, 0.6) is 0 Å². The molecule has 0 bridgehead atoms. The molecule has 0 fully saturated rings. The van der Waals surface area contributed by atoms with E-state index in [1.165, 1.54) is 18.4 Å². The van der Waals surface area contributed by atoms with Gasteiger partial charge < -0.3 is 10.3 Å². The van der Waals surface area contributed by atoms with Gasteiger partial charge in [-0.1, -0.05) is 33.6 Å². The maximum absolute atomic E-state index is 5.96. The molecule has 1 unspecified atom stereocenters. The van der Waals surface area contributed by atoms with Gasteiger partial charge in [-0.25, -0.2) is 0 Å². The van der Waals surface area contributed by atoms with Crippen molar-refractivity contribution in [3.8, 4) is 0 Å². The van der Waals surface area contributed by atoms with Crippen molar-refractivity contribution in [1.82, 2.24) is 4.57 Å². The molecule has 0 saturated heterocycles. The van der Waals surface area contributed by atoms with Crippen LogP contribution in [0.1, 0.15) is 45.6 Å². The Morgan fingerprint density at radius 2 is 1.88 bits per heavy atom. The minimum atomic E-state index is 0.309. The summed E-state index contributed by atoms with van der Waals surface area (Å²) >= 11 is 0. The molecule has 0 aliphatic rings. The normalized spacial score (nSPS) is 13.3. The van der Waals surface area contributed by atoms with E-state index < -0.39 is 0 Å². The SMILES string of the molecule is CCC(N)Cc1ccn(CC(CC)CC)c1. The first-order valence-electron chi connectivity index (χ1n) is 6.59. The first kappa shape index (κ1) is 13.3. The molecule has 2 N–H and O–H groups in total. The zero-order chi connectivity index (χ0) is 12.0. The predicted molar refractivity (Wildman–Crippen MR) is 70.5 cm³/mol. The molecule has 0 aliphatic carbocycles. The lowest BCUT2D eigenvalue weighted by atomic mass is 10.0. The molecule has 2 heteroatoms. The number of hydrogen-bond acceptors (Lipinski definition) is 1. The fourth-order valence-electron chi connectivity index (χ4n) is 2.02. The lowest BCUT2D eigenvalue weighted by molar-refractivity contribution is 0.419. The molecule has 1 aromatic rings. The molecule has 0 spiro atoms. The summed E-state index contributed by atoms with van der Waals surface area (Å²) < 4.78 is 2.31. The zero-order valence-corrected chi connectivity index (χ0v) is 10.9. The van der Waals surface area contributed by atoms with Crippen molar-refractivity contribution in [2.24, 2.45) is 11.7 Å². The summed E-state index contributed by atoms with van der Waals surface area (Å²) in [5.41, 5.74) is 7.33. The van der Waals surface area contributed by atoms with Gasteiger partial charge in [-0.3, -0.25) is 0 Å². The first-order chi connectivity index (χ1) is 7.69. The van der Waals surface area contributed by atoms with Gasteiger partial charge in [-0.2, -0.15) is 0 Å². The highest BCUT2D eigenvalue weighted by Gasteiger charge is 2.06. The molecule has 1 aromatic heterocycles. The number of hydrogen-bond donors (Lipinski definition) is 1. The summed E-state index contributed by atoms with van der Waals surface area (Å²) in [6.07, 6.45) is 9.03. The highest BCUT2D eigenvalue weighted by atomic mass is 14.9. The van der Waals surface area contributed by atoms with E-state index >= 15 is 0 Å². The predicted octanol–water partition coefficient (Wildman–Crippen LogP) is 3.20. The quantitative estimate of drug-likeness (QED) is 0.754. The highest BCUT2D eigenvalue weighted by Crippen LogP contribution is 2.13. The topological polar surface area (TPSA) is 30.9 Å². The monoisotopic (exact) mass is 222 g/mol. The van der Waals surface area contributed by atoms with Crippen LogP contribution >= 0.6 is 0 Å². The maximum atomic E-state index is 5.96. The molecule has 1 heterocycles. The molecule has 0 aromatic carbocycles. The Morgan fingerprint density at radius 1 is 1.19 bits per heavy atom. The van der Waals surface area contributed by atoms with Crippen LogP contribution in [0.3, 0.4) is 0 Å². The van der Waals surface area contributed by atoms with Crippen LogP contribution in [0.4, 0.5) is 0 Å². The lowest BCUT2D eigenvalue weighted by Gasteiger charge is -2.13. The minimum Gasteiger partial charge on any atom is -0.354 e. The second kappa shape index (κ2) is 6.74. The second-order valence-electron chi connectivity index (χ2n) is 4.77. The summed E-state index contributed by atoms with van der Waals surface area (Å²) in [4.78, 5) is 0. The van der Waals surface area contributed by atoms with Crippen LogP contribution in [-0.2, 0) is 13.0 Å². The van der Waals surface area contributed by atoms with Crippen LogP contribution < -0.4 is 5.73 Å². The average Bonchev–Trinajstić information content (AvgIpc) is 2.73. The van der Waals surface area contributed by atoms with Gasteiger partial charge in [0.05, 0.1) is 0 Å². The van der Waals surface area contributed by atoms with E-state index in [0.717, 1.165) is 25.3 Å². The molecule has 2 nitrogen and oxygen atoms in total. The van der Waals surface area contributed by atoms with Crippen molar-refractivity contribution in [1.29, 1.82) is 0 Å². The molecule has 0 radical (unpaired) electrons. The van der Waals surface area contributed by atoms with Crippen LogP contribution in [-0.4, -0.2) is 10.6 Å². The Morgan fingerprint density at radius 3 is 2.44 bits per heavy atom. The third kappa shape index (κ3) is 4.01. The maximum Gasteiger partial charge on any atom is 0.0247 e. The van der Waals surface area contributed by atoms with Crippen molar-refractivity contribution in [2.45, 2.75) is 59.0 Å². The van der Waals surface area contributed by atoms with E-state index in [1.54, 1.807) is 0 Å². The largest absolute Gasteiger partial charge is 0.354 e. The summed E-state index contributed by atoms with van der Waals surface area (Å²) in [7, 11) is 0. The van der Waals surface area contributed by atoms with Crippen molar-refractivity contribution < 1.29 is 0 Å². The Kier molecular flexibility index (Phi) is 5.61. The Hall–Kier alpha value is -0.760. The molecule has 92 valence electrons. The van der Waals surface area contributed by atoms with Crippen molar-refractivity contribution in [3.05, 3.63) is 24.0 Å². The molecular formula is C14H26N2. The number of aromatic nitrogens is 1. The van der Waals surface area contributed by atoms with E-state index in [1.807, 2.05) is 0 Å². The zero-order valence-electron chi connectivity index (χ0n) is 10.9. The Balaban J connectivity index is 2.50. The van der Waals surface area contributed by atoms with E-state index in [9.17, 15) is 0 Å². The molecule has 1 atom stereocenters. The fraction of sp³-hybridized carbons (Fsp3) is 0.714. The average molecular weight is 222 g/mol. The molecule has 16 heavy (non-hydrogen) atoms. The van der Waals surface area contributed by atoms with Gasteiger partial charge in [-0.05, 0) is 30.4 Å². The summed E-state index contributed by atoms with van der Waals surface area (Å²) in [5, 5.41) is 0. The van der Waals surface area contributed by atoms with Crippen LogP contribution in [0.25, 0.3) is 0 Å². The lowest BCUT2D eigenvalue weighted by Crippen LogP contribution is -2.21. The third-order valence-electron chi connectivity index (χ3n) is 3.46. The molecule has 1 rings (SSSR count).